The summed E-state index contributed by atoms with van der Waals surface area (Å²) in [6.07, 6.45) is 0. The van der Waals surface area contributed by atoms with E-state index in [2.05, 4.69) is 15.3 Å². The molecule has 0 bridgehead atoms. The molecule has 2 N–H and O–H groups in total. The number of anilines is 2. The lowest BCUT2D eigenvalue weighted by molar-refractivity contribution is 1.07. The summed E-state index contributed by atoms with van der Waals surface area (Å²) in [5.41, 5.74) is 4.91. The molecule has 122 valence electrons. The Morgan fingerprint density at radius 3 is 2.54 bits per heavy atom. The van der Waals surface area contributed by atoms with Crippen molar-refractivity contribution in [3.8, 4) is 11.1 Å². The molecule has 0 fully saturated rings. The standard InChI is InChI=1S/C19H18ClN3O/c1-11-5-4-6-14(9-11)17-13(3)21-19(23-18(17)24)22-16-8-7-15(20)10-12(16)2/h4-10H,1-3H3,(H2,21,22,23,24). The maximum Gasteiger partial charge on any atom is 0.260 e. The van der Waals surface area contributed by atoms with Crippen LogP contribution in [0, 0.1) is 20.8 Å². The van der Waals surface area contributed by atoms with Gasteiger partial charge in [0.1, 0.15) is 0 Å². The molecule has 3 rings (SSSR count). The predicted molar refractivity (Wildman–Crippen MR) is 99.2 cm³/mol. The number of rotatable bonds is 3. The summed E-state index contributed by atoms with van der Waals surface area (Å²) < 4.78 is 0. The van der Waals surface area contributed by atoms with Gasteiger partial charge in [0.05, 0.1) is 11.3 Å². The van der Waals surface area contributed by atoms with Crippen molar-refractivity contribution in [2.24, 2.45) is 0 Å². The van der Waals surface area contributed by atoms with Gasteiger partial charge in [-0.05, 0) is 50.1 Å². The molecule has 0 unspecified atom stereocenters. The van der Waals surface area contributed by atoms with E-state index >= 15 is 0 Å². The lowest BCUT2D eigenvalue weighted by Gasteiger charge is -2.11. The summed E-state index contributed by atoms with van der Waals surface area (Å²) in [7, 11) is 0. The van der Waals surface area contributed by atoms with Crippen molar-refractivity contribution in [3.05, 3.63) is 74.7 Å². The SMILES string of the molecule is Cc1cccc(-c2c(C)nc(Nc3ccc(Cl)cc3C)[nH]c2=O)c1. The minimum Gasteiger partial charge on any atom is -0.325 e. The highest BCUT2D eigenvalue weighted by Gasteiger charge is 2.11. The third-order valence-electron chi connectivity index (χ3n) is 3.85. The van der Waals surface area contributed by atoms with Crippen LogP contribution in [-0.4, -0.2) is 9.97 Å². The molecule has 4 nitrogen and oxygen atoms in total. The number of aromatic amines is 1. The highest BCUT2D eigenvalue weighted by atomic mass is 35.5. The van der Waals surface area contributed by atoms with Crippen molar-refractivity contribution in [2.75, 3.05) is 5.32 Å². The van der Waals surface area contributed by atoms with Gasteiger partial charge in [-0.1, -0.05) is 41.4 Å². The third-order valence-corrected chi connectivity index (χ3v) is 4.08. The molecule has 0 saturated heterocycles. The first-order chi connectivity index (χ1) is 11.4. The molecule has 5 heteroatoms. The number of H-pyrrole nitrogens is 1. The van der Waals surface area contributed by atoms with E-state index in [9.17, 15) is 4.79 Å². The topological polar surface area (TPSA) is 57.8 Å². The van der Waals surface area contributed by atoms with E-state index in [4.69, 9.17) is 11.6 Å². The fourth-order valence-electron chi connectivity index (χ4n) is 2.68. The maximum absolute atomic E-state index is 12.5. The van der Waals surface area contributed by atoms with Gasteiger partial charge in [0.25, 0.3) is 5.56 Å². The number of benzene rings is 2. The van der Waals surface area contributed by atoms with Gasteiger partial charge in [-0.15, -0.1) is 0 Å². The van der Waals surface area contributed by atoms with Gasteiger partial charge < -0.3 is 5.32 Å². The van der Waals surface area contributed by atoms with E-state index in [1.807, 2.05) is 57.2 Å². The summed E-state index contributed by atoms with van der Waals surface area (Å²) >= 11 is 5.97. The average molecular weight is 340 g/mol. The number of aryl methyl sites for hydroxylation is 3. The summed E-state index contributed by atoms with van der Waals surface area (Å²) in [5.74, 6) is 0.416. The number of aromatic nitrogens is 2. The van der Waals surface area contributed by atoms with Crippen molar-refractivity contribution < 1.29 is 0 Å². The summed E-state index contributed by atoms with van der Waals surface area (Å²) in [6, 6.07) is 13.4. The summed E-state index contributed by atoms with van der Waals surface area (Å²) in [4.78, 5) is 19.9. The Kier molecular flexibility index (Phi) is 4.40. The first-order valence-corrected chi connectivity index (χ1v) is 8.03. The monoisotopic (exact) mass is 339 g/mol. The number of nitrogens with one attached hydrogen (secondary N) is 2. The Morgan fingerprint density at radius 2 is 1.88 bits per heavy atom. The Bertz CT molecular complexity index is 963. The Balaban J connectivity index is 2.00. The zero-order valence-electron chi connectivity index (χ0n) is 13.8. The van der Waals surface area contributed by atoms with Crippen LogP contribution in [0.25, 0.3) is 11.1 Å². The van der Waals surface area contributed by atoms with Crippen LogP contribution in [0.2, 0.25) is 5.02 Å². The van der Waals surface area contributed by atoms with Crippen molar-refractivity contribution in [1.29, 1.82) is 0 Å². The van der Waals surface area contributed by atoms with Gasteiger partial charge in [-0.2, -0.15) is 0 Å². The van der Waals surface area contributed by atoms with Crippen LogP contribution < -0.4 is 10.9 Å². The van der Waals surface area contributed by atoms with Crippen LogP contribution in [0.3, 0.4) is 0 Å². The second kappa shape index (κ2) is 6.49. The molecule has 1 aromatic heterocycles. The molecule has 0 saturated carbocycles. The molecule has 0 radical (unpaired) electrons. The van der Waals surface area contributed by atoms with E-state index in [1.54, 1.807) is 6.07 Å². The third kappa shape index (κ3) is 3.34. The Labute approximate surface area is 145 Å². The molecule has 2 aromatic carbocycles. The number of hydrogen-bond donors (Lipinski definition) is 2. The van der Waals surface area contributed by atoms with Crippen LogP contribution in [-0.2, 0) is 0 Å². The molecule has 0 spiro atoms. The summed E-state index contributed by atoms with van der Waals surface area (Å²) in [6.45, 7) is 5.78. The van der Waals surface area contributed by atoms with Crippen molar-refractivity contribution in [3.63, 3.8) is 0 Å². The molecular weight excluding hydrogens is 322 g/mol. The van der Waals surface area contributed by atoms with Crippen molar-refractivity contribution >= 4 is 23.2 Å². The lowest BCUT2D eigenvalue weighted by Crippen LogP contribution is -2.15. The zero-order chi connectivity index (χ0) is 17.3. The van der Waals surface area contributed by atoms with E-state index in [-0.39, 0.29) is 5.56 Å². The highest BCUT2D eigenvalue weighted by molar-refractivity contribution is 6.30. The number of halogens is 1. The fourth-order valence-corrected chi connectivity index (χ4v) is 2.91. The summed E-state index contributed by atoms with van der Waals surface area (Å²) in [5, 5.41) is 3.82. The van der Waals surface area contributed by atoms with Gasteiger partial charge in [-0.3, -0.25) is 9.78 Å². The highest BCUT2D eigenvalue weighted by Crippen LogP contribution is 2.23. The number of hydrogen-bond acceptors (Lipinski definition) is 3. The molecule has 0 aliphatic heterocycles. The Hall–Kier alpha value is -2.59. The minimum absolute atomic E-state index is 0.165. The van der Waals surface area contributed by atoms with E-state index in [1.165, 1.54) is 0 Å². The lowest BCUT2D eigenvalue weighted by atomic mass is 10.0. The quantitative estimate of drug-likeness (QED) is 0.723. The normalized spacial score (nSPS) is 10.7. The molecule has 0 atom stereocenters. The van der Waals surface area contributed by atoms with Gasteiger partial charge in [0.15, 0.2) is 0 Å². The second-order valence-corrected chi connectivity index (χ2v) is 6.27. The molecule has 24 heavy (non-hydrogen) atoms. The van der Waals surface area contributed by atoms with E-state index < -0.39 is 0 Å². The van der Waals surface area contributed by atoms with E-state index in [0.29, 0.717) is 22.2 Å². The first-order valence-electron chi connectivity index (χ1n) is 7.65. The average Bonchev–Trinajstić information content (AvgIpc) is 2.49. The van der Waals surface area contributed by atoms with Crippen LogP contribution in [0.15, 0.2) is 47.3 Å². The fraction of sp³-hybridized carbons (Fsp3) is 0.158. The molecule has 0 amide bonds. The predicted octanol–water partition coefficient (Wildman–Crippen LogP) is 4.76. The minimum atomic E-state index is -0.165. The van der Waals surface area contributed by atoms with Crippen molar-refractivity contribution in [1.82, 2.24) is 9.97 Å². The first kappa shape index (κ1) is 16.3. The smallest absolute Gasteiger partial charge is 0.260 e. The van der Waals surface area contributed by atoms with Crippen LogP contribution in [0.4, 0.5) is 11.6 Å². The molecule has 0 aliphatic rings. The number of nitrogens with zero attached hydrogens (tertiary/aromatic N) is 1. The van der Waals surface area contributed by atoms with Gasteiger partial charge in [0.2, 0.25) is 5.95 Å². The van der Waals surface area contributed by atoms with Gasteiger partial charge in [-0.25, -0.2) is 4.98 Å². The molecule has 3 aromatic rings. The van der Waals surface area contributed by atoms with Crippen LogP contribution in [0.5, 0.6) is 0 Å². The van der Waals surface area contributed by atoms with Gasteiger partial charge >= 0.3 is 0 Å². The van der Waals surface area contributed by atoms with Crippen LogP contribution >= 0.6 is 11.6 Å². The van der Waals surface area contributed by atoms with Crippen molar-refractivity contribution in [2.45, 2.75) is 20.8 Å². The largest absolute Gasteiger partial charge is 0.325 e. The second-order valence-electron chi connectivity index (χ2n) is 5.83. The molecule has 0 aliphatic carbocycles. The molecule has 1 heterocycles. The van der Waals surface area contributed by atoms with Crippen LogP contribution in [0.1, 0.15) is 16.8 Å². The van der Waals surface area contributed by atoms with E-state index in [0.717, 1.165) is 22.4 Å². The zero-order valence-corrected chi connectivity index (χ0v) is 14.5. The molecular formula is C19H18ClN3O. The maximum atomic E-state index is 12.5. The Morgan fingerprint density at radius 1 is 1.08 bits per heavy atom. The van der Waals surface area contributed by atoms with Gasteiger partial charge in [0, 0.05) is 10.7 Å².